The first-order chi connectivity index (χ1) is 12.1. The zero-order chi connectivity index (χ0) is 17.7. The van der Waals surface area contributed by atoms with Crippen molar-refractivity contribution in [1.82, 2.24) is 14.9 Å². The number of hydrogen-bond acceptors (Lipinski definition) is 4. The van der Waals surface area contributed by atoms with Crippen LogP contribution in [0.15, 0.2) is 66.8 Å². The van der Waals surface area contributed by atoms with Crippen molar-refractivity contribution < 1.29 is 4.79 Å². The molecule has 25 heavy (non-hydrogen) atoms. The van der Waals surface area contributed by atoms with E-state index < -0.39 is 5.54 Å². The highest BCUT2D eigenvalue weighted by molar-refractivity contribution is 5.64. The van der Waals surface area contributed by atoms with Gasteiger partial charge in [-0.05, 0) is 54.1 Å². The lowest BCUT2D eigenvalue weighted by atomic mass is 9.84. The molecule has 0 amide bonds. The first-order valence-electron chi connectivity index (χ1n) is 8.32. The summed E-state index contributed by atoms with van der Waals surface area (Å²) in [5.41, 5.74) is 2.47. The molecule has 0 fully saturated rings. The summed E-state index contributed by atoms with van der Waals surface area (Å²) in [6.07, 6.45) is 13.3. The van der Waals surface area contributed by atoms with E-state index in [4.69, 9.17) is 5.41 Å². The Morgan fingerprint density at radius 2 is 2.12 bits per heavy atom. The van der Waals surface area contributed by atoms with Crippen molar-refractivity contribution in [2.45, 2.75) is 25.3 Å². The molecule has 0 saturated heterocycles. The van der Waals surface area contributed by atoms with E-state index in [1.54, 1.807) is 17.0 Å². The Morgan fingerprint density at radius 1 is 1.32 bits per heavy atom. The van der Waals surface area contributed by atoms with Gasteiger partial charge < -0.3 is 14.7 Å². The van der Waals surface area contributed by atoms with Crippen molar-refractivity contribution in [3.8, 4) is 0 Å². The largest absolute Gasteiger partial charge is 0.387 e. The smallest absolute Gasteiger partial charge is 0.146 e. The Bertz CT molecular complexity index is 867. The zero-order valence-corrected chi connectivity index (χ0v) is 14.3. The van der Waals surface area contributed by atoms with Crippen molar-refractivity contribution in [2.24, 2.45) is 0 Å². The summed E-state index contributed by atoms with van der Waals surface area (Å²) in [5, 5.41) is 11.6. The molecule has 0 bridgehead atoms. The van der Waals surface area contributed by atoms with E-state index in [0.717, 1.165) is 29.5 Å². The fraction of sp³-hybridized carbons (Fsp3) is 0.250. The van der Waals surface area contributed by atoms with Crippen LogP contribution in [0, 0.1) is 12.3 Å². The Labute approximate surface area is 147 Å². The quantitative estimate of drug-likeness (QED) is 0.796. The Hall–Kier alpha value is -2.95. The van der Waals surface area contributed by atoms with Crippen LogP contribution in [-0.4, -0.2) is 22.4 Å². The summed E-state index contributed by atoms with van der Waals surface area (Å²) < 4.78 is 1.80. The molecule has 1 aliphatic rings. The molecule has 0 aromatic carbocycles. The minimum absolute atomic E-state index is 0.363. The van der Waals surface area contributed by atoms with Gasteiger partial charge in [-0.1, -0.05) is 12.1 Å². The number of rotatable bonds is 6. The van der Waals surface area contributed by atoms with Crippen LogP contribution in [0.2, 0.25) is 0 Å². The fourth-order valence-corrected chi connectivity index (χ4v) is 3.19. The molecule has 0 radical (unpaired) electrons. The van der Waals surface area contributed by atoms with Gasteiger partial charge in [0.2, 0.25) is 0 Å². The molecule has 1 aliphatic heterocycles. The molecule has 3 heterocycles. The molecule has 1 unspecified atom stereocenters. The first kappa shape index (κ1) is 16.9. The second-order valence-corrected chi connectivity index (χ2v) is 6.36. The lowest BCUT2D eigenvalue weighted by Gasteiger charge is -2.33. The lowest BCUT2D eigenvalue weighted by Crippen LogP contribution is -2.45. The lowest BCUT2D eigenvalue weighted by molar-refractivity contribution is -0.115. The fourth-order valence-electron chi connectivity index (χ4n) is 3.19. The molecule has 5 nitrogen and oxygen atoms in total. The van der Waals surface area contributed by atoms with Crippen molar-refractivity contribution in [2.75, 3.05) is 6.54 Å². The molecule has 128 valence electrons. The molecule has 2 N–H and O–H groups in total. The highest BCUT2D eigenvalue weighted by Gasteiger charge is 2.33. The third kappa shape index (κ3) is 3.60. The SMILES string of the molecule is Cc1cccn(C(C=O)(CC2=CCNC=C2)Cc2ccncc2)c1=N. The van der Waals surface area contributed by atoms with Crippen LogP contribution in [0.5, 0.6) is 0 Å². The van der Waals surface area contributed by atoms with Crippen LogP contribution in [0.25, 0.3) is 0 Å². The summed E-state index contributed by atoms with van der Waals surface area (Å²) in [4.78, 5) is 16.4. The van der Waals surface area contributed by atoms with Crippen LogP contribution in [0.1, 0.15) is 17.5 Å². The molecule has 0 saturated carbocycles. The predicted molar refractivity (Wildman–Crippen MR) is 96.8 cm³/mol. The van der Waals surface area contributed by atoms with E-state index in [1.807, 2.05) is 49.7 Å². The van der Waals surface area contributed by atoms with Crippen LogP contribution < -0.4 is 10.8 Å². The predicted octanol–water partition coefficient (Wildman–Crippen LogP) is 2.24. The summed E-state index contributed by atoms with van der Waals surface area (Å²) in [5.74, 6) is 0. The second kappa shape index (κ2) is 7.30. The summed E-state index contributed by atoms with van der Waals surface area (Å²) in [6, 6.07) is 7.63. The normalized spacial score (nSPS) is 15.8. The van der Waals surface area contributed by atoms with E-state index >= 15 is 0 Å². The minimum atomic E-state index is -0.849. The second-order valence-electron chi connectivity index (χ2n) is 6.36. The minimum Gasteiger partial charge on any atom is -0.387 e. The number of carbonyl (C=O) groups is 1. The number of aromatic nitrogens is 2. The summed E-state index contributed by atoms with van der Waals surface area (Å²) in [6.45, 7) is 2.65. The highest BCUT2D eigenvalue weighted by atomic mass is 16.1. The molecule has 2 aromatic heterocycles. The van der Waals surface area contributed by atoms with Crippen LogP contribution in [-0.2, 0) is 16.8 Å². The zero-order valence-electron chi connectivity index (χ0n) is 14.3. The number of hydrogen-bond donors (Lipinski definition) is 2. The number of dihydropyridines is 1. The number of allylic oxidation sites excluding steroid dienone is 2. The Morgan fingerprint density at radius 3 is 2.80 bits per heavy atom. The van der Waals surface area contributed by atoms with E-state index in [-0.39, 0.29) is 0 Å². The maximum Gasteiger partial charge on any atom is 0.146 e. The molecule has 5 heteroatoms. The van der Waals surface area contributed by atoms with Crippen LogP contribution in [0.4, 0.5) is 0 Å². The monoisotopic (exact) mass is 334 g/mol. The van der Waals surface area contributed by atoms with Crippen LogP contribution in [0.3, 0.4) is 0 Å². The molecule has 0 spiro atoms. The van der Waals surface area contributed by atoms with Crippen molar-refractivity contribution >= 4 is 6.29 Å². The van der Waals surface area contributed by atoms with Gasteiger partial charge in [-0.2, -0.15) is 0 Å². The van der Waals surface area contributed by atoms with Gasteiger partial charge in [0, 0.05) is 38.0 Å². The topological polar surface area (TPSA) is 70.8 Å². The van der Waals surface area contributed by atoms with Crippen LogP contribution >= 0.6 is 0 Å². The van der Waals surface area contributed by atoms with Gasteiger partial charge in [0.05, 0.1) is 0 Å². The number of nitrogens with zero attached hydrogens (tertiary/aromatic N) is 2. The third-order valence-corrected chi connectivity index (χ3v) is 4.56. The van der Waals surface area contributed by atoms with E-state index in [9.17, 15) is 4.79 Å². The molecular weight excluding hydrogens is 312 g/mol. The van der Waals surface area contributed by atoms with Gasteiger partial charge in [0.1, 0.15) is 17.3 Å². The maximum atomic E-state index is 12.4. The standard InChI is InChI=1S/C20H22N4O/c1-16-3-2-12-24(19(16)21)20(15-25,13-17-4-8-22-9-5-17)14-18-6-10-23-11-7-18/h2-10,12,15,21,23H,11,13-14H2,1H3. The maximum absolute atomic E-state index is 12.4. The van der Waals surface area contributed by atoms with Gasteiger partial charge in [-0.3, -0.25) is 10.4 Å². The van der Waals surface area contributed by atoms with Gasteiger partial charge >= 0.3 is 0 Å². The number of pyridine rings is 2. The van der Waals surface area contributed by atoms with Crippen molar-refractivity contribution in [3.63, 3.8) is 0 Å². The van der Waals surface area contributed by atoms with Gasteiger partial charge in [-0.15, -0.1) is 0 Å². The number of nitrogens with one attached hydrogen (secondary N) is 2. The molecule has 3 rings (SSSR count). The molecular formula is C20H22N4O. The Balaban J connectivity index is 2.10. The average molecular weight is 334 g/mol. The molecule has 0 aliphatic carbocycles. The summed E-state index contributed by atoms with van der Waals surface area (Å²) >= 11 is 0. The van der Waals surface area contributed by atoms with Crippen molar-refractivity contribution in [1.29, 1.82) is 5.41 Å². The molecule has 2 aromatic rings. The number of carbonyl (C=O) groups excluding carboxylic acids is 1. The van der Waals surface area contributed by atoms with Gasteiger partial charge in [0.15, 0.2) is 0 Å². The average Bonchev–Trinajstić information content (AvgIpc) is 2.65. The van der Waals surface area contributed by atoms with Crippen molar-refractivity contribution in [3.05, 3.63) is 83.4 Å². The van der Waals surface area contributed by atoms with E-state index in [1.165, 1.54) is 0 Å². The third-order valence-electron chi connectivity index (χ3n) is 4.56. The highest BCUT2D eigenvalue weighted by Crippen LogP contribution is 2.28. The van der Waals surface area contributed by atoms with Gasteiger partial charge in [-0.25, -0.2) is 0 Å². The summed E-state index contributed by atoms with van der Waals surface area (Å²) in [7, 11) is 0. The number of aldehydes is 1. The van der Waals surface area contributed by atoms with E-state index in [0.29, 0.717) is 18.3 Å². The van der Waals surface area contributed by atoms with E-state index in [2.05, 4.69) is 16.4 Å². The van der Waals surface area contributed by atoms with Gasteiger partial charge in [0.25, 0.3) is 0 Å². The number of aryl methyl sites for hydroxylation is 1. The molecule has 1 atom stereocenters. The Kier molecular flexibility index (Phi) is 4.93. The first-order valence-corrected chi connectivity index (χ1v) is 8.32.